The fraction of sp³-hybridized carbons (Fsp3) is 0.722. The number of hydrogen-bond acceptors (Lipinski definition) is 4. The standard InChI is InChI=1S/C18H30Cl2N2O2Si/c1-5-25(6-2,7-3)24-16(12-22-13-18(23-4)8-9-18)17-14(19)10-21-11-15(17)20/h10-11,16,22H,5-9,12-13H2,1-4H3. The third kappa shape index (κ3) is 5.18. The van der Waals surface area contributed by atoms with Crippen LogP contribution < -0.4 is 5.32 Å². The third-order valence-electron chi connectivity index (χ3n) is 5.56. The average molecular weight is 405 g/mol. The second-order valence-corrected chi connectivity index (χ2v) is 12.4. The van der Waals surface area contributed by atoms with Crippen LogP contribution in [0.25, 0.3) is 0 Å². The molecule has 2 rings (SSSR count). The molecule has 1 aromatic heterocycles. The van der Waals surface area contributed by atoms with Gasteiger partial charge in [-0.25, -0.2) is 0 Å². The number of nitrogens with one attached hydrogen (secondary N) is 1. The maximum atomic E-state index is 6.74. The van der Waals surface area contributed by atoms with E-state index in [9.17, 15) is 0 Å². The molecule has 7 heteroatoms. The molecule has 1 saturated carbocycles. The fourth-order valence-corrected chi connectivity index (χ4v) is 6.67. The number of methoxy groups -OCH3 is 1. The van der Waals surface area contributed by atoms with Crippen molar-refractivity contribution in [3.8, 4) is 0 Å². The molecule has 0 aromatic carbocycles. The molecule has 0 aliphatic heterocycles. The summed E-state index contributed by atoms with van der Waals surface area (Å²) in [6, 6.07) is 3.25. The Kier molecular flexibility index (Phi) is 7.74. The van der Waals surface area contributed by atoms with E-state index in [4.69, 9.17) is 32.4 Å². The highest BCUT2D eigenvalue weighted by Gasteiger charge is 2.43. The minimum atomic E-state index is -1.81. The van der Waals surface area contributed by atoms with E-state index < -0.39 is 8.32 Å². The van der Waals surface area contributed by atoms with Crippen LogP contribution in [0.15, 0.2) is 12.4 Å². The smallest absolute Gasteiger partial charge is 0.192 e. The Morgan fingerprint density at radius 1 is 1.16 bits per heavy atom. The molecule has 4 nitrogen and oxygen atoms in total. The number of aromatic nitrogens is 1. The van der Waals surface area contributed by atoms with Crippen molar-refractivity contribution in [1.82, 2.24) is 10.3 Å². The van der Waals surface area contributed by atoms with Gasteiger partial charge in [0.05, 0.1) is 21.8 Å². The van der Waals surface area contributed by atoms with Crippen LogP contribution in [0, 0.1) is 0 Å². The molecule has 1 N–H and O–H groups in total. The zero-order chi connectivity index (χ0) is 18.5. The highest BCUT2D eigenvalue weighted by Crippen LogP contribution is 2.39. The van der Waals surface area contributed by atoms with E-state index in [1.807, 2.05) is 0 Å². The Morgan fingerprint density at radius 2 is 1.72 bits per heavy atom. The summed E-state index contributed by atoms with van der Waals surface area (Å²) in [4.78, 5) is 4.08. The summed E-state index contributed by atoms with van der Waals surface area (Å²) in [5.41, 5.74) is 0.853. The first-order chi connectivity index (χ1) is 11.9. The van der Waals surface area contributed by atoms with Crippen LogP contribution in [-0.4, -0.2) is 39.1 Å². The number of rotatable bonds is 11. The van der Waals surface area contributed by atoms with E-state index in [2.05, 4.69) is 31.1 Å². The average Bonchev–Trinajstić information content (AvgIpc) is 3.39. The van der Waals surface area contributed by atoms with E-state index in [1.165, 1.54) is 0 Å². The van der Waals surface area contributed by atoms with Crippen molar-refractivity contribution in [2.45, 2.75) is 63.5 Å². The van der Waals surface area contributed by atoms with Gasteiger partial charge in [-0.1, -0.05) is 44.0 Å². The summed E-state index contributed by atoms with van der Waals surface area (Å²) in [5.74, 6) is 0. The number of halogens is 2. The lowest BCUT2D eigenvalue weighted by atomic mass is 10.1. The summed E-state index contributed by atoms with van der Waals surface area (Å²) in [6.07, 6.45) is 5.34. The number of ether oxygens (including phenoxy) is 1. The molecule has 1 atom stereocenters. The van der Waals surface area contributed by atoms with Crippen LogP contribution in [0.5, 0.6) is 0 Å². The lowest BCUT2D eigenvalue weighted by Crippen LogP contribution is -2.41. The zero-order valence-corrected chi connectivity index (χ0v) is 18.2. The molecular weight excluding hydrogens is 375 g/mol. The molecule has 25 heavy (non-hydrogen) atoms. The van der Waals surface area contributed by atoms with Gasteiger partial charge in [0.15, 0.2) is 8.32 Å². The van der Waals surface area contributed by atoms with Gasteiger partial charge in [0.2, 0.25) is 0 Å². The first kappa shape index (κ1) is 21.1. The Hall–Kier alpha value is -0.173. The predicted molar refractivity (Wildman–Crippen MR) is 107 cm³/mol. The number of hydrogen-bond donors (Lipinski definition) is 1. The Bertz CT molecular complexity index is 537. The van der Waals surface area contributed by atoms with Crippen molar-refractivity contribution in [2.24, 2.45) is 0 Å². The zero-order valence-electron chi connectivity index (χ0n) is 15.7. The molecule has 0 bridgehead atoms. The van der Waals surface area contributed by atoms with Gasteiger partial charge in [0, 0.05) is 38.2 Å². The molecule has 0 amide bonds. The van der Waals surface area contributed by atoms with Crippen LogP contribution in [0.3, 0.4) is 0 Å². The van der Waals surface area contributed by atoms with Crippen LogP contribution >= 0.6 is 23.2 Å². The Labute approximate surface area is 162 Å². The molecule has 0 saturated heterocycles. The Balaban J connectivity index is 2.18. The number of pyridine rings is 1. The molecule has 1 heterocycles. The Morgan fingerprint density at radius 3 is 2.16 bits per heavy atom. The molecule has 1 aliphatic carbocycles. The van der Waals surface area contributed by atoms with Gasteiger partial charge < -0.3 is 14.5 Å². The summed E-state index contributed by atoms with van der Waals surface area (Å²) in [7, 11) is -0.0264. The fourth-order valence-electron chi connectivity index (χ4n) is 3.26. The minimum Gasteiger partial charge on any atom is -0.409 e. The van der Waals surface area contributed by atoms with E-state index in [-0.39, 0.29) is 11.7 Å². The molecule has 1 aliphatic rings. The highest BCUT2D eigenvalue weighted by molar-refractivity contribution is 6.73. The second-order valence-electron chi connectivity index (χ2n) is 6.89. The quantitative estimate of drug-likeness (QED) is 0.513. The summed E-state index contributed by atoms with van der Waals surface area (Å²) in [6.45, 7) is 8.17. The number of nitrogens with zero attached hydrogens (tertiary/aromatic N) is 1. The van der Waals surface area contributed by atoms with E-state index in [1.54, 1.807) is 19.5 Å². The molecule has 0 spiro atoms. The molecule has 1 fully saturated rings. The third-order valence-corrected chi connectivity index (χ3v) is 10.8. The first-order valence-corrected chi connectivity index (χ1v) is 12.5. The van der Waals surface area contributed by atoms with Crippen LogP contribution in [0.1, 0.15) is 45.3 Å². The summed E-state index contributed by atoms with van der Waals surface area (Å²) in [5, 5.41) is 4.66. The maximum Gasteiger partial charge on any atom is 0.192 e. The summed E-state index contributed by atoms with van der Waals surface area (Å²) >= 11 is 12.9. The van der Waals surface area contributed by atoms with E-state index >= 15 is 0 Å². The van der Waals surface area contributed by atoms with Crippen molar-refractivity contribution >= 4 is 31.5 Å². The van der Waals surface area contributed by atoms with Crippen molar-refractivity contribution in [3.05, 3.63) is 28.0 Å². The molecule has 1 unspecified atom stereocenters. The van der Waals surface area contributed by atoms with Crippen molar-refractivity contribution in [2.75, 3.05) is 20.2 Å². The maximum absolute atomic E-state index is 6.74. The van der Waals surface area contributed by atoms with Crippen LogP contribution in [0.4, 0.5) is 0 Å². The lowest BCUT2D eigenvalue weighted by molar-refractivity contribution is 0.0758. The summed E-state index contributed by atoms with van der Waals surface area (Å²) < 4.78 is 12.3. The van der Waals surface area contributed by atoms with Crippen molar-refractivity contribution in [3.63, 3.8) is 0 Å². The van der Waals surface area contributed by atoms with Gasteiger partial charge in [-0.05, 0) is 31.0 Å². The molecule has 1 aromatic rings. The molecular formula is C18H30Cl2N2O2Si. The van der Waals surface area contributed by atoms with E-state index in [0.29, 0.717) is 16.6 Å². The van der Waals surface area contributed by atoms with Crippen molar-refractivity contribution in [1.29, 1.82) is 0 Å². The first-order valence-electron chi connectivity index (χ1n) is 9.17. The van der Waals surface area contributed by atoms with Gasteiger partial charge >= 0.3 is 0 Å². The van der Waals surface area contributed by atoms with Crippen molar-refractivity contribution < 1.29 is 9.16 Å². The molecule has 0 radical (unpaired) electrons. The van der Waals surface area contributed by atoms with Gasteiger partial charge in [-0.3, -0.25) is 4.98 Å². The van der Waals surface area contributed by atoms with E-state index in [0.717, 1.165) is 43.1 Å². The minimum absolute atomic E-state index is 0.00513. The monoisotopic (exact) mass is 404 g/mol. The topological polar surface area (TPSA) is 43.4 Å². The second kappa shape index (κ2) is 9.15. The van der Waals surface area contributed by atoms with Gasteiger partial charge in [0.25, 0.3) is 0 Å². The predicted octanol–water partition coefficient (Wildman–Crippen LogP) is 5.22. The normalized spacial score (nSPS) is 17.5. The van der Waals surface area contributed by atoms with Gasteiger partial charge in [0.1, 0.15) is 0 Å². The van der Waals surface area contributed by atoms with Crippen LogP contribution in [0.2, 0.25) is 28.2 Å². The van der Waals surface area contributed by atoms with Crippen LogP contribution in [-0.2, 0) is 9.16 Å². The molecule has 142 valence electrons. The largest absolute Gasteiger partial charge is 0.409 e. The highest BCUT2D eigenvalue weighted by atomic mass is 35.5. The van der Waals surface area contributed by atoms with Gasteiger partial charge in [-0.15, -0.1) is 0 Å². The van der Waals surface area contributed by atoms with Gasteiger partial charge in [-0.2, -0.15) is 0 Å². The SMILES string of the molecule is CC[Si](CC)(CC)OC(CNCC1(OC)CC1)c1c(Cl)cncc1Cl. The lowest BCUT2D eigenvalue weighted by Gasteiger charge is -2.34.